The molecule has 0 aromatic heterocycles. The van der Waals surface area contributed by atoms with Crippen LogP contribution < -0.4 is 15.9 Å². The lowest BCUT2D eigenvalue weighted by molar-refractivity contribution is -0.137. The summed E-state index contributed by atoms with van der Waals surface area (Å²) in [6, 6.07) is 28.5. The molecule has 31 heavy (non-hydrogen) atoms. The Morgan fingerprint density at radius 1 is 0.645 bits per heavy atom. The molecule has 0 unspecified atom stereocenters. The summed E-state index contributed by atoms with van der Waals surface area (Å²) in [4.78, 5) is 0. The first kappa shape index (κ1) is 21.1. The zero-order chi connectivity index (χ0) is 22.1. The maximum absolute atomic E-state index is 14.8. The topological polar surface area (TPSA) is 17.1 Å². The number of benzene rings is 4. The van der Waals surface area contributed by atoms with E-state index < -0.39 is 18.9 Å². The predicted molar refractivity (Wildman–Crippen MR) is 121 cm³/mol. The highest BCUT2D eigenvalue weighted by Gasteiger charge is 2.37. The minimum absolute atomic E-state index is 0.189. The zero-order valence-corrected chi connectivity index (χ0v) is 17.7. The average molecular weight is 436 g/mol. The Hall–Kier alpha value is -3.10. The number of rotatable bonds is 4. The normalized spacial score (nSPS) is 12.0. The molecule has 0 heterocycles. The van der Waals surface area contributed by atoms with Gasteiger partial charge < -0.3 is 4.57 Å². The number of aryl methyl sites for hydroxylation is 1. The lowest BCUT2D eigenvalue weighted by Gasteiger charge is -2.24. The summed E-state index contributed by atoms with van der Waals surface area (Å²) >= 11 is 0. The van der Waals surface area contributed by atoms with Gasteiger partial charge in [0.25, 0.3) is 0 Å². The van der Waals surface area contributed by atoms with E-state index in [4.69, 9.17) is 0 Å². The SMILES string of the molecule is Cc1ccccc1-c1ccc(C(F)(F)F)cc1P(=O)(c1ccccc1)c1ccccc1. The number of halogens is 3. The van der Waals surface area contributed by atoms with Crippen LogP contribution in [0.3, 0.4) is 0 Å². The van der Waals surface area contributed by atoms with Crippen molar-refractivity contribution in [3.05, 3.63) is 114 Å². The van der Waals surface area contributed by atoms with Gasteiger partial charge in [-0.25, -0.2) is 0 Å². The molecule has 0 bridgehead atoms. The monoisotopic (exact) mass is 436 g/mol. The predicted octanol–water partition coefficient (Wildman–Crippen LogP) is 6.32. The highest BCUT2D eigenvalue weighted by atomic mass is 31.2. The minimum Gasteiger partial charge on any atom is -0.309 e. The van der Waals surface area contributed by atoms with E-state index in [0.717, 1.165) is 23.3 Å². The largest absolute Gasteiger partial charge is 0.416 e. The van der Waals surface area contributed by atoms with Gasteiger partial charge in [-0.1, -0.05) is 91.0 Å². The Balaban J connectivity index is 2.12. The van der Waals surface area contributed by atoms with Gasteiger partial charge in [0.15, 0.2) is 7.14 Å². The van der Waals surface area contributed by atoms with Gasteiger partial charge in [-0.3, -0.25) is 0 Å². The highest BCUT2D eigenvalue weighted by molar-refractivity contribution is 7.85. The number of alkyl halides is 3. The van der Waals surface area contributed by atoms with Crippen molar-refractivity contribution in [2.75, 3.05) is 0 Å². The second-order valence-corrected chi connectivity index (χ2v) is 10.1. The lowest BCUT2D eigenvalue weighted by atomic mass is 9.99. The molecule has 1 nitrogen and oxygen atoms in total. The van der Waals surface area contributed by atoms with Crippen LogP contribution in [0.5, 0.6) is 0 Å². The summed E-state index contributed by atoms with van der Waals surface area (Å²) in [6.45, 7) is 1.90. The molecule has 4 aromatic rings. The van der Waals surface area contributed by atoms with Gasteiger partial charge in [-0.2, -0.15) is 13.2 Å². The Bertz CT molecular complexity index is 1210. The van der Waals surface area contributed by atoms with Gasteiger partial charge in [-0.05, 0) is 35.7 Å². The molecule has 0 saturated heterocycles. The summed E-state index contributed by atoms with van der Waals surface area (Å²) in [6.07, 6.45) is -4.54. The minimum atomic E-state index is -4.54. The smallest absolute Gasteiger partial charge is 0.309 e. The fraction of sp³-hybridized carbons (Fsp3) is 0.0769. The molecule has 0 radical (unpaired) electrons. The molecule has 4 rings (SSSR count). The zero-order valence-electron chi connectivity index (χ0n) is 16.8. The summed E-state index contributed by atoms with van der Waals surface area (Å²) in [5, 5.41) is 1.18. The number of hydrogen-bond donors (Lipinski definition) is 0. The molecule has 5 heteroatoms. The van der Waals surface area contributed by atoms with Gasteiger partial charge in [0.05, 0.1) is 5.56 Å². The molecule has 0 aliphatic heterocycles. The van der Waals surface area contributed by atoms with Crippen molar-refractivity contribution in [2.45, 2.75) is 13.1 Å². The molecule has 0 spiro atoms. The van der Waals surface area contributed by atoms with Crippen LogP contribution in [0.4, 0.5) is 13.2 Å². The molecule has 0 aliphatic carbocycles. The van der Waals surface area contributed by atoms with Crippen LogP contribution in [-0.2, 0) is 10.7 Å². The number of hydrogen-bond acceptors (Lipinski definition) is 1. The van der Waals surface area contributed by atoms with Gasteiger partial charge in [-0.15, -0.1) is 0 Å². The lowest BCUT2D eigenvalue weighted by Crippen LogP contribution is -2.27. The average Bonchev–Trinajstić information content (AvgIpc) is 2.79. The standard InChI is InChI=1S/C26H20F3OP/c1-19-10-8-9-15-23(19)24-17-16-20(26(27,28)29)18-25(24)31(30,21-11-4-2-5-12-21)22-13-6-3-7-14-22/h2-18H,1H3. The van der Waals surface area contributed by atoms with E-state index in [0.29, 0.717) is 16.2 Å². The fourth-order valence-corrected chi connectivity index (χ4v) is 6.67. The van der Waals surface area contributed by atoms with Crippen molar-refractivity contribution < 1.29 is 17.7 Å². The first-order valence-electron chi connectivity index (χ1n) is 9.81. The van der Waals surface area contributed by atoms with Gasteiger partial charge in [0.2, 0.25) is 0 Å². The maximum Gasteiger partial charge on any atom is 0.416 e. The second-order valence-electron chi connectivity index (χ2n) is 7.32. The Morgan fingerprint density at radius 3 is 1.68 bits per heavy atom. The highest BCUT2D eigenvalue weighted by Crippen LogP contribution is 2.46. The van der Waals surface area contributed by atoms with Crippen LogP contribution in [0.2, 0.25) is 0 Å². The van der Waals surface area contributed by atoms with Crippen molar-refractivity contribution in [3.63, 3.8) is 0 Å². The van der Waals surface area contributed by atoms with E-state index in [9.17, 15) is 17.7 Å². The molecule has 0 N–H and O–H groups in total. The molecule has 0 amide bonds. The molecule has 0 saturated carbocycles. The van der Waals surface area contributed by atoms with Crippen molar-refractivity contribution in [2.24, 2.45) is 0 Å². The summed E-state index contributed by atoms with van der Waals surface area (Å²) in [5.74, 6) is 0. The van der Waals surface area contributed by atoms with E-state index in [1.165, 1.54) is 6.07 Å². The molecule has 4 aromatic carbocycles. The molecule has 0 fully saturated rings. The summed E-state index contributed by atoms with van der Waals surface area (Å²) < 4.78 is 55.9. The van der Waals surface area contributed by atoms with E-state index in [2.05, 4.69) is 0 Å². The van der Waals surface area contributed by atoms with E-state index in [1.54, 1.807) is 60.7 Å². The first-order valence-corrected chi connectivity index (χ1v) is 11.5. The van der Waals surface area contributed by atoms with Gasteiger partial charge in [0.1, 0.15) is 0 Å². The summed E-state index contributed by atoms with van der Waals surface area (Å²) in [7, 11) is -3.60. The van der Waals surface area contributed by atoms with Crippen LogP contribution in [0.1, 0.15) is 11.1 Å². The van der Waals surface area contributed by atoms with Crippen LogP contribution in [0, 0.1) is 6.92 Å². The molecule has 156 valence electrons. The fourth-order valence-electron chi connectivity index (χ4n) is 3.77. The Kier molecular flexibility index (Phi) is 5.60. The van der Waals surface area contributed by atoms with Crippen LogP contribution in [0.15, 0.2) is 103 Å². The van der Waals surface area contributed by atoms with Crippen LogP contribution >= 0.6 is 7.14 Å². The molecule has 0 atom stereocenters. The van der Waals surface area contributed by atoms with Crippen molar-refractivity contribution in [1.82, 2.24) is 0 Å². The Morgan fingerprint density at radius 2 is 1.16 bits per heavy atom. The first-order chi connectivity index (χ1) is 14.8. The van der Waals surface area contributed by atoms with E-state index >= 15 is 0 Å². The van der Waals surface area contributed by atoms with Gasteiger partial charge >= 0.3 is 6.18 Å². The quantitative estimate of drug-likeness (QED) is 0.342. The maximum atomic E-state index is 14.8. The third-order valence-electron chi connectivity index (χ3n) is 5.34. The molecular formula is C26H20F3OP. The third-order valence-corrected chi connectivity index (χ3v) is 8.44. The van der Waals surface area contributed by atoms with Gasteiger partial charge in [0, 0.05) is 15.9 Å². The third kappa shape index (κ3) is 3.96. The summed E-state index contributed by atoms with van der Waals surface area (Å²) in [5.41, 5.74) is 1.39. The van der Waals surface area contributed by atoms with Crippen molar-refractivity contribution in [1.29, 1.82) is 0 Å². The van der Waals surface area contributed by atoms with Crippen LogP contribution in [0.25, 0.3) is 11.1 Å². The second kappa shape index (κ2) is 8.20. The van der Waals surface area contributed by atoms with Crippen molar-refractivity contribution in [3.8, 4) is 11.1 Å². The van der Waals surface area contributed by atoms with Crippen LogP contribution in [-0.4, -0.2) is 0 Å². The van der Waals surface area contributed by atoms with E-state index in [-0.39, 0.29) is 5.30 Å². The molecular weight excluding hydrogens is 416 g/mol. The molecule has 0 aliphatic rings. The Labute approximate surface area is 179 Å². The van der Waals surface area contributed by atoms with Crippen molar-refractivity contribution >= 4 is 23.1 Å². The van der Waals surface area contributed by atoms with E-state index in [1.807, 2.05) is 31.2 Å².